The molecule has 63 heavy (non-hydrogen) atoms. The second-order valence-electron chi connectivity index (χ2n) is 16.0. The van der Waals surface area contributed by atoms with Gasteiger partial charge in [0.05, 0.1) is 0 Å². The zero-order chi connectivity index (χ0) is 41.7. The lowest BCUT2D eigenvalue weighted by Gasteiger charge is -2.11. The predicted octanol–water partition coefficient (Wildman–Crippen LogP) is 15.7. The van der Waals surface area contributed by atoms with Crippen molar-refractivity contribution in [2.24, 2.45) is 0 Å². The highest BCUT2D eigenvalue weighted by molar-refractivity contribution is 6.15. The van der Waals surface area contributed by atoms with Crippen LogP contribution in [0.3, 0.4) is 0 Å². The molecule has 0 amide bonds. The summed E-state index contributed by atoms with van der Waals surface area (Å²) >= 11 is 0. The molecule has 0 radical (unpaired) electrons. The van der Waals surface area contributed by atoms with Gasteiger partial charge in [0.1, 0.15) is 11.2 Å². The third-order valence-electron chi connectivity index (χ3n) is 12.2. The van der Waals surface area contributed by atoms with Crippen molar-refractivity contribution in [2.75, 3.05) is 0 Å². The quantitative estimate of drug-likeness (QED) is 0.151. The fourth-order valence-corrected chi connectivity index (χ4v) is 8.96. The molecule has 0 bridgehead atoms. The van der Waals surface area contributed by atoms with E-state index in [1.165, 1.54) is 38.4 Å². The summed E-state index contributed by atoms with van der Waals surface area (Å²) in [5.41, 5.74) is 13.4. The van der Waals surface area contributed by atoms with Crippen LogP contribution in [0.1, 0.15) is 0 Å². The van der Waals surface area contributed by atoms with E-state index in [-0.39, 0.29) is 0 Å². The third kappa shape index (κ3) is 6.62. The van der Waals surface area contributed by atoms with E-state index in [0.29, 0.717) is 17.5 Å². The second-order valence-corrected chi connectivity index (χ2v) is 16.0. The number of aromatic nitrogens is 3. The van der Waals surface area contributed by atoms with Crippen molar-refractivity contribution in [3.05, 3.63) is 224 Å². The van der Waals surface area contributed by atoms with E-state index in [4.69, 9.17) is 19.4 Å². The number of para-hydroxylation sites is 1. The van der Waals surface area contributed by atoms with E-state index in [0.717, 1.165) is 66.3 Å². The minimum atomic E-state index is 0.583. The first-order valence-corrected chi connectivity index (χ1v) is 21.2. The first-order chi connectivity index (χ1) is 31.2. The lowest BCUT2D eigenvalue weighted by atomic mass is 9.98. The Morgan fingerprint density at radius 2 is 0.762 bits per heavy atom. The molecule has 4 nitrogen and oxygen atoms in total. The minimum absolute atomic E-state index is 0.583. The SMILES string of the molecule is c1ccc(-c2ccc(-c3cccc4c3oc3cccc(-c5nc(-c6ccc(-c7cccc(-c8ccccc8)c7)cc6)nc(-c6ccc7c(ccc8ccccc87)c6)n5)c34)cc2)cc1. The van der Waals surface area contributed by atoms with E-state index in [2.05, 4.69) is 200 Å². The van der Waals surface area contributed by atoms with Crippen molar-refractivity contribution in [3.63, 3.8) is 0 Å². The highest BCUT2D eigenvalue weighted by Gasteiger charge is 2.20. The second kappa shape index (κ2) is 15.2. The Morgan fingerprint density at radius 1 is 0.270 bits per heavy atom. The topological polar surface area (TPSA) is 51.8 Å². The van der Waals surface area contributed by atoms with Crippen molar-refractivity contribution < 1.29 is 4.42 Å². The number of fused-ring (bicyclic) bond motifs is 6. The van der Waals surface area contributed by atoms with Gasteiger partial charge < -0.3 is 4.42 Å². The van der Waals surface area contributed by atoms with Crippen molar-refractivity contribution in [1.29, 1.82) is 0 Å². The zero-order valence-corrected chi connectivity index (χ0v) is 34.1. The molecule has 0 unspecified atom stereocenters. The van der Waals surface area contributed by atoms with Crippen LogP contribution in [0.25, 0.3) is 122 Å². The van der Waals surface area contributed by atoms with Crippen LogP contribution in [0.15, 0.2) is 229 Å². The molecule has 2 aromatic heterocycles. The maximum Gasteiger partial charge on any atom is 0.164 e. The van der Waals surface area contributed by atoms with Gasteiger partial charge in [-0.1, -0.05) is 206 Å². The largest absolute Gasteiger partial charge is 0.455 e. The van der Waals surface area contributed by atoms with Crippen molar-refractivity contribution >= 4 is 43.5 Å². The average molecular weight is 804 g/mol. The summed E-state index contributed by atoms with van der Waals surface area (Å²) in [5.74, 6) is 1.79. The van der Waals surface area contributed by atoms with Crippen molar-refractivity contribution in [2.45, 2.75) is 0 Å². The summed E-state index contributed by atoms with van der Waals surface area (Å²) in [7, 11) is 0. The molecule has 0 aliphatic heterocycles. The Kier molecular flexibility index (Phi) is 8.79. The molecule has 2 heterocycles. The van der Waals surface area contributed by atoms with Crippen LogP contribution in [0, 0.1) is 0 Å². The highest BCUT2D eigenvalue weighted by Crippen LogP contribution is 2.41. The van der Waals surface area contributed by atoms with Gasteiger partial charge in [-0.3, -0.25) is 0 Å². The molecule has 0 spiro atoms. The Bertz CT molecular complexity index is 3650. The standard InChI is InChI=1S/C59H37N3O/c1-3-12-38(13-4-1)40-24-28-43(29-25-40)51-20-10-21-52-55-53(22-11-23-54(55)63-56(51)52)59-61-57(44-31-26-41(27-32-44)46-18-9-17-45(36-46)39-14-5-2-6-15-39)60-58(62-59)48-34-35-50-47(37-48)33-30-42-16-7-8-19-49(42)50/h1-37H. The van der Waals surface area contributed by atoms with Gasteiger partial charge in [-0.05, 0) is 78.7 Å². The molecule has 0 aliphatic carbocycles. The molecule has 0 saturated heterocycles. The molecular weight excluding hydrogens is 767 g/mol. The van der Waals surface area contributed by atoms with Gasteiger partial charge in [-0.25, -0.2) is 15.0 Å². The number of furan rings is 1. The maximum absolute atomic E-state index is 6.75. The lowest BCUT2D eigenvalue weighted by Crippen LogP contribution is -2.00. The molecule has 12 aromatic rings. The van der Waals surface area contributed by atoms with Gasteiger partial charge >= 0.3 is 0 Å². The number of hydrogen-bond donors (Lipinski definition) is 0. The summed E-state index contributed by atoms with van der Waals surface area (Å²) in [6.07, 6.45) is 0. The number of nitrogens with zero attached hydrogens (tertiary/aromatic N) is 3. The van der Waals surface area contributed by atoms with Gasteiger partial charge in [-0.15, -0.1) is 0 Å². The molecule has 0 N–H and O–H groups in total. The first kappa shape index (κ1) is 36.4. The third-order valence-corrected chi connectivity index (χ3v) is 12.2. The van der Waals surface area contributed by atoms with Gasteiger partial charge in [0.15, 0.2) is 17.5 Å². The maximum atomic E-state index is 6.75. The zero-order valence-electron chi connectivity index (χ0n) is 34.1. The van der Waals surface area contributed by atoms with Crippen LogP contribution in [0.5, 0.6) is 0 Å². The van der Waals surface area contributed by atoms with Crippen LogP contribution in [0.2, 0.25) is 0 Å². The fraction of sp³-hybridized carbons (Fsp3) is 0. The van der Waals surface area contributed by atoms with E-state index in [9.17, 15) is 0 Å². The van der Waals surface area contributed by atoms with Gasteiger partial charge in [0.2, 0.25) is 0 Å². The molecule has 0 saturated carbocycles. The molecule has 12 rings (SSSR count). The number of rotatable bonds is 7. The Hall–Kier alpha value is -8.47. The monoisotopic (exact) mass is 803 g/mol. The smallest absolute Gasteiger partial charge is 0.164 e. The van der Waals surface area contributed by atoms with Crippen LogP contribution in [-0.4, -0.2) is 15.0 Å². The number of hydrogen-bond acceptors (Lipinski definition) is 4. The van der Waals surface area contributed by atoms with Gasteiger partial charge in [0, 0.05) is 33.0 Å². The Balaban J connectivity index is 0.992. The van der Waals surface area contributed by atoms with E-state index in [1.54, 1.807) is 0 Å². The van der Waals surface area contributed by atoms with Gasteiger partial charge in [0.25, 0.3) is 0 Å². The van der Waals surface area contributed by atoms with Crippen LogP contribution >= 0.6 is 0 Å². The molecule has 10 aromatic carbocycles. The molecular formula is C59H37N3O. The van der Waals surface area contributed by atoms with E-state index in [1.807, 2.05) is 24.3 Å². The van der Waals surface area contributed by atoms with Crippen LogP contribution < -0.4 is 0 Å². The minimum Gasteiger partial charge on any atom is -0.455 e. The van der Waals surface area contributed by atoms with E-state index >= 15 is 0 Å². The fourth-order valence-electron chi connectivity index (χ4n) is 8.96. The predicted molar refractivity (Wildman–Crippen MR) is 260 cm³/mol. The molecule has 294 valence electrons. The summed E-state index contributed by atoms with van der Waals surface area (Å²) in [4.78, 5) is 15.7. The summed E-state index contributed by atoms with van der Waals surface area (Å²) in [6.45, 7) is 0. The number of benzene rings is 10. The first-order valence-electron chi connectivity index (χ1n) is 21.2. The summed E-state index contributed by atoms with van der Waals surface area (Å²) < 4.78 is 6.75. The molecule has 0 atom stereocenters. The van der Waals surface area contributed by atoms with Crippen molar-refractivity contribution in [1.82, 2.24) is 15.0 Å². The lowest BCUT2D eigenvalue weighted by molar-refractivity contribution is 0.670. The average Bonchev–Trinajstić information content (AvgIpc) is 3.76. The molecule has 4 heteroatoms. The van der Waals surface area contributed by atoms with Crippen LogP contribution in [-0.2, 0) is 0 Å². The highest BCUT2D eigenvalue weighted by atomic mass is 16.3. The molecule has 0 fully saturated rings. The molecule has 0 aliphatic rings. The van der Waals surface area contributed by atoms with E-state index < -0.39 is 0 Å². The normalized spacial score (nSPS) is 11.5. The van der Waals surface area contributed by atoms with Crippen LogP contribution in [0.4, 0.5) is 0 Å². The van der Waals surface area contributed by atoms with Crippen molar-refractivity contribution in [3.8, 4) is 78.7 Å². The van der Waals surface area contributed by atoms with Gasteiger partial charge in [-0.2, -0.15) is 0 Å². The Labute approximate surface area is 364 Å². The summed E-state index contributed by atoms with van der Waals surface area (Å²) in [5, 5.41) is 6.73. The summed E-state index contributed by atoms with van der Waals surface area (Å²) in [6, 6.07) is 78.8. The Morgan fingerprint density at radius 3 is 1.52 bits per heavy atom.